The monoisotopic (exact) mass is 424 g/mol. The van der Waals surface area contributed by atoms with E-state index in [4.69, 9.17) is 23.7 Å². The van der Waals surface area contributed by atoms with E-state index in [1.807, 2.05) is 67.6 Å². The van der Waals surface area contributed by atoms with Gasteiger partial charge in [-0.1, -0.05) is 67.6 Å². The zero-order valence-corrected chi connectivity index (χ0v) is 19.0. The molecule has 31 heavy (non-hydrogen) atoms. The Hall–Kier alpha value is -2.44. The highest BCUT2D eigenvalue weighted by molar-refractivity contribution is 5.43. The molecule has 0 saturated heterocycles. The van der Waals surface area contributed by atoms with Crippen molar-refractivity contribution in [2.45, 2.75) is 37.9 Å². The van der Waals surface area contributed by atoms with Crippen molar-refractivity contribution in [2.24, 2.45) is 0 Å². The summed E-state index contributed by atoms with van der Waals surface area (Å²) in [6.45, 7) is 4.74. The Bertz CT molecular complexity index is 893. The van der Waals surface area contributed by atoms with Gasteiger partial charge in [-0.05, 0) is 35.8 Å². The zero-order valence-electron chi connectivity index (χ0n) is 19.0. The molecule has 2 aromatic rings. The van der Waals surface area contributed by atoms with Crippen LogP contribution in [-0.4, -0.2) is 39.5 Å². The van der Waals surface area contributed by atoms with E-state index >= 15 is 0 Å². The lowest BCUT2D eigenvalue weighted by Gasteiger charge is -2.48. The van der Waals surface area contributed by atoms with Crippen molar-refractivity contribution in [1.82, 2.24) is 0 Å². The molecule has 1 aliphatic rings. The smallest absolute Gasteiger partial charge is 0.287 e. The van der Waals surface area contributed by atoms with Crippen LogP contribution in [0.15, 0.2) is 84.1 Å². The molecule has 0 radical (unpaired) electrons. The van der Waals surface area contributed by atoms with Crippen LogP contribution in [-0.2, 0) is 30.3 Å². The molecule has 5 nitrogen and oxygen atoms in total. The first-order valence-electron chi connectivity index (χ1n) is 10.5. The molecule has 166 valence electrons. The maximum absolute atomic E-state index is 6.44. The van der Waals surface area contributed by atoms with Crippen LogP contribution >= 0.6 is 0 Å². The summed E-state index contributed by atoms with van der Waals surface area (Å²) in [6.07, 6.45) is 3.91. The summed E-state index contributed by atoms with van der Waals surface area (Å²) in [4.78, 5) is 0. The third-order valence-electron chi connectivity index (χ3n) is 5.69. The van der Waals surface area contributed by atoms with Gasteiger partial charge in [0.1, 0.15) is 0 Å². The van der Waals surface area contributed by atoms with Crippen molar-refractivity contribution in [3.63, 3.8) is 0 Å². The maximum atomic E-state index is 6.44. The van der Waals surface area contributed by atoms with Gasteiger partial charge in [-0.25, -0.2) is 0 Å². The molecule has 0 aromatic heterocycles. The minimum absolute atomic E-state index is 0.0812. The molecule has 0 spiro atoms. The fourth-order valence-corrected chi connectivity index (χ4v) is 3.98. The molecule has 0 N–H and O–H groups in total. The van der Waals surface area contributed by atoms with Gasteiger partial charge in [0.15, 0.2) is 5.76 Å². The molecule has 3 unspecified atom stereocenters. The van der Waals surface area contributed by atoms with E-state index < -0.39 is 11.6 Å². The zero-order chi connectivity index (χ0) is 22.3. The van der Waals surface area contributed by atoms with Gasteiger partial charge in [-0.3, -0.25) is 0 Å². The SMILES string of the molecule is CCOC1(OC)C(OC)=CC(C(C)c2ccccc2)=CC1(OC)OCc1ccccc1. The number of ether oxygens (including phenoxy) is 5. The van der Waals surface area contributed by atoms with Crippen LogP contribution in [0.1, 0.15) is 30.9 Å². The highest BCUT2D eigenvalue weighted by Crippen LogP contribution is 2.46. The van der Waals surface area contributed by atoms with Crippen LogP contribution in [0.4, 0.5) is 0 Å². The lowest BCUT2D eigenvalue weighted by atomic mass is 9.84. The molecule has 0 bridgehead atoms. The van der Waals surface area contributed by atoms with Gasteiger partial charge in [0, 0.05) is 26.7 Å². The first-order chi connectivity index (χ1) is 15.1. The predicted octanol–water partition coefficient (Wildman–Crippen LogP) is 5.20. The number of hydrogen-bond donors (Lipinski definition) is 0. The van der Waals surface area contributed by atoms with Crippen LogP contribution in [0.5, 0.6) is 0 Å². The second-order valence-electron chi connectivity index (χ2n) is 7.39. The van der Waals surface area contributed by atoms with Crippen molar-refractivity contribution in [1.29, 1.82) is 0 Å². The van der Waals surface area contributed by atoms with Crippen molar-refractivity contribution in [3.05, 3.63) is 95.3 Å². The van der Waals surface area contributed by atoms with E-state index in [1.54, 1.807) is 21.3 Å². The topological polar surface area (TPSA) is 46.2 Å². The molecular weight excluding hydrogens is 392 g/mol. The Labute approximate surface area is 185 Å². The summed E-state index contributed by atoms with van der Waals surface area (Å²) < 4.78 is 30.4. The lowest BCUT2D eigenvalue weighted by Crippen LogP contribution is -2.61. The Kier molecular flexibility index (Phi) is 7.68. The number of hydrogen-bond acceptors (Lipinski definition) is 5. The summed E-state index contributed by atoms with van der Waals surface area (Å²) in [5.74, 6) is -2.17. The number of allylic oxidation sites excluding steroid dienone is 2. The molecule has 0 heterocycles. The Morgan fingerprint density at radius 2 is 1.48 bits per heavy atom. The second kappa shape index (κ2) is 10.2. The number of methoxy groups -OCH3 is 3. The Balaban J connectivity index is 2.09. The van der Waals surface area contributed by atoms with Crippen LogP contribution < -0.4 is 0 Å². The van der Waals surface area contributed by atoms with Crippen LogP contribution in [0.2, 0.25) is 0 Å². The minimum atomic E-state index is -1.39. The molecule has 2 aromatic carbocycles. The summed E-state index contributed by atoms with van der Waals surface area (Å²) >= 11 is 0. The van der Waals surface area contributed by atoms with Crippen LogP contribution in [0.25, 0.3) is 0 Å². The quantitative estimate of drug-likeness (QED) is 0.491. The van der Waals surface area contributed by atoms with E-state index in [1.165, 1.54) is 5.56 Å². The molecule has 3 rings (SSSR count). The summed E-state index contributed by atoms with van der Waals surface area (Å²) in [5, 5.41) is 0. The van der Waals surface area contributed by atoms with E-state index in [-0.39, 0.29) is 5.92 Å². The Morgan fingerprint density at radius 3 is 2.03 bits per heavy atom. The maximum Gasteiger partial charge on any atom is 0.287 e. The summed E-state index contributed by atoms with van der Waals surface area (Å²) in [6, 6.07) is 20.2. The third kappa shape index (κ3) is 4.46. The van der Waals surface area contributed by atoms with Crippen molar-refractivity contribution in [2.75, 3.05) is 27.9 Å². The normalized spacial score (nSPS) is 24.3. The molecule has 3 atom stereocenters. The fraction of sp³-hybridized carbons (Fsp3) is 0.385. The summed E-state index contributed by atoms with van der Waals surface area (Å²) in [5.41, 5.74) is 3.18. The lowest BCUT2D eigenvalue weighted by molar-refractivity contribution is -0.375. The van der Waals surface area contributed by atoms with Crippen molar-refractivity contribution < 1.29 is 23.7 Å². The van der Waals surface area contributed by atoms with Gasteiger partial charge in [-0.2, -0.15) is 0 Å². The summed E-state index contributed by atoms with van der Waals surface area (Å²) in [7, 11) is 4.77. The number of rotatable bonds is 10. The minimum Gasteiger partial charge on any atom is -0.495 e. The predicted molar refractivity (Wildman–Crippen MR) is 120 cm³/mol. The molecule has 1 aliphatic carbocycles. The van der Waals surface area contributed by atoms with Gasteiger partial charge in [0.2, 0.25) is 0 Å². The van der Waals surface area contributed by atoms with Gasteiger partial charge < -0.3 is 23.7 Å². The standard InChI is InChI=1S/C26H32O5/c1-6-30-26(29-5)24(27-3)17-23(20(2)22-15-11-8-12-16-22)18-25(26,28-4)31-19-21-13-9-7-10-14-21/h7-18,20H,6,19H2,1-5H3. The molecule has 0 amide bonds. The van der Waals surface area contributed by atoms with Gasteiger partial charge in [-0.15, -0.1) is 0 Å². The largest absolute Gasteiger partial charge is 0.495 e. The molecule has 0 aliphatic heterocycles. The van der Waals surface area contributed by atoms with Gasteiger partial charge in [0.05, 0.1) is 13.7 Å². The molecule has 0 fully saturated rings. The van der Waals surface area contributed by atoms with E-state index in [9.17, 15) is 0 Å². The highest BCUT2D eigenvalue weighted by Gasteiger charge is 2.60. The van der Waals surface area contributed by atoms with E-state index in [0.29, 0.717) is 19.0 Å². The highest BCUT2D eigenvalue weighted by atomic mass is 16.8. The third-order valence-corrected chi connectivity index (χ3v) is 5.69. The van der Waals surface area contributed by atoms with Crippen molar-refractivity contribution in [3.8, 4) is 0 Å². The second-order valence-corrected chi connectivity index (χ2v) is 7.39. The van der Waals surface area contributed by atoms with Crippen LogP contribution in [0, 0.1) is 0 Å². The van der Waals surface area contributed by atoms with E-state index in [2.05, 4.69) is 19.1 Å². The molecule has 0 saturated carbocycles. The van der Waals surface area contributed by atoms with Gasteiger partial charge >= 0.3 is 0 Å². The first-order valence-corrected chi connectivity index (χ1v) is 10.5. The Morgan fingerprint density at radius 1 is 0.839 bits per heavy atom. The fourth-order valence-electron chi connectivity index (χ4n) is 3.98. The molecule has 5 heteroatoms. The average molecular weight is 425 g/mol. The first kappa shape index (κ1) is 23.2. The van der Waals surface area contributed by atoms with E-state index in [0.717, 1.165) is 11.1 Å². The number of benzene rings is 2. The van der Waals surface area contributed by atoms with Gasteiger partial charge in [0.25, 0.3) is 11.6 Å². The van der Waals surface area contributed by atoms with Crippen molar-refractivity contribution >= 4 is 0 Å². The van der Waals surface area contributed by atoms with Crippen LogP contribution in [0.3, 0.4) is 0 Å². The average Bonchev–Trinajstić information content (AvgIpc) is 2.83. The molecular formula is C26H32O5.